The molecule has 2 N–H and O–H groups in total. The number of carbonyl (C=O) groups excluding carboxylic acids is 1. The largest absolute Gasteiger partial charge is 0.444 e. The zero-order valence-corrected chi connectivity index (χ0v) is 15.7. The molecule has 0 saturated carbocycles. The van der Waals surface area contributed by atoms with E-state index in [9.17, 15) is 4.79 Å². The minimum absolute atomic E-state index is 0.298. The minimum atomic E-state index is -0.501. The van der Waals surface area contributed by atoms with Gasteiger partial charge in [-0.2, -0.15) is 0 Å². The van der Waals surface area contributed by atoms with Crippen molar-refractivity contribution < 1.29 is 13.9 Å². The SMILES string of the molecule is Cc1nc(CNC(C)(CNC(=O)OC(C)(C)C)C(C)C)oc1C. The molecule has 0 fully saturated rings. The van der Waals surface area contributed by atoms with Crippen LogP contribution in [0, 0.1) is 19.8 Å². The molecule has 0 bridgehead atoms. The number of carbonyl (C=O) groups is 1. The Hall–Kier alpha value is -1.56. The Labute approximate surface area is 139 Å². The number of nitrogens with one attached hydrogen (secondary N) is 2. The highest BCUT2D eigenvalue weighted by Crippen LogP contribution is 2.18. The first-order chi connectivity index (χ1) is 10.4. The van der Waals surface area contributed by atoms with Gasteiger partial charge in [0.2, 0.25) is 5.89 Å². The lowest BCUT2D eigenvalue weighted by Crippen LogP contribution is -2.55. The Kier molecular flexibility index (Phi) is 6.22. The summed E-state index contributed by atoms with van der Waals surface area (Å²) in [6.07, 6.45) is -0.408. The third-order valence-electron chi connectivity index (χ3n) is 3.99. The van der Waals surface area contributed by atoms with E-state index in [4.69, 9.17) is 9.15 Å². The molecule has 0 spiro atoms. The van der Waals surface area contributed by atoms with E-state index in [0.29, 0.717) is 24.9 Å². The maximum Gasteiger partial charge on any atom is 0.407 e. The number of alkyl carbamates (subject to hydrolysis) is 1. The maximum atomic E-state index is 11.9. The summed E-state index contributed by atoms with van der Waals surface area (Å²) < 4.78 is 10.9. The fourth-order valence-corrected chi connectivity index (χ4v) is 1.93. The Morgan fingerprint density at radius 1 is 1.26 bits per heavy atom. The summed E-state index contributed by atoms with van der Waals surface area (Å²) in [5, 5.41) is 6.28. The van der Waals surface area contributed by atoms with Crippen LogP contribution in [0.3, 0.4) is 0 Å². The van der Waals surface area contributed by atoms with Crippen LogP contribution in [0.25, 0.3) is 0 Å². The predicted molar refractivity (Wildman–Crippen MR) is 90.3 cm³/mol. The van der Waals surface area contributed by atoms with Gasteiger partial charge in [-0.05, 0) is 47.5 Å². The summed E-state index contributed by atoms with van der Waals surface area (Å²) in [5.41, 5.74) is 0.103. The first kappa shape index (κ1) is 19.5. The molecule has 1 aromatic heterocycles. The lowest BCUT2D eigenvalue weighted by molar-refractivity contribution is 0.0502. The molecule has 1 rings (SSSR count). The van der Waals surface area contributed by atoms with E-state index >= 15 is 0 Å². The summed E-state index contributed by atoms with van der Waals surface area (Å²) in [6, 6.07) is 0. The number of ether oxygens (including phenoxy) is 1. The van der Waals surface area contributed by atoms with Crippen LogP contribution in [0.2, 0.25) is 0 Å². The molecular weight excluding hydrogens is 294 g/mol. The molecule has 0 aliphatic rings. The van der Waals surface area contributed by atoms with Gasteiger partial charge in [-0.3, -0.25) is 0 Å². The first-order valence-electron chi connectivity index (χ1n) is 8.08. The van der Waals surface area contributed by atoms with Crippen molar-refractivity contribution in [3.63, 3.8) is 0 Å². The van der Waals surface area contributed by atoms with Crippen LogP contribution in [-0.2, 0) is 11.3 Å². The highest BCUT2D eigenvalue weighted by molar-refractivity contribution is 5.67. The number of aromatic nitrogens is 1. The third-order valence-corrected chi connectivity index (χ3v) is 3.99. The second kappa shape index (κ2) is 7.34. The third kappa shape index (κ3) is 6.22. The average Bonchev–Trinajstić information content (AvgIpc) is 2.71. The van der Waals surface area contributed by atoms with Gasteiger partial charge < -0.3 is 19.8 Å². The van der Waals surface area contributed by atoms with Gasteiger partial charge in [0.05, 0.1) is 12.2 Å². The summed E-state index contributed by atoms with van der Waals surface area (Å²) in [7, 11) is 0. The van der Waals surface area contributed by atoms with Gasteiger partial charge in [-0.15, -0.1) is 0 Å². The molecule has 1 unspecified atom stereocenters. The molecule has 6 nitrogen and oxygen atoms in total. The van der Waals surface area contributed by atoms with Crippen molar-refractivity contribution in [1.82, 2.24) is 15.6 Å². The van der Waals surface area contributed by atoms with Crippen molar-refractivity contribution in [2.24, 2.45) is 5.92 Å². The van der Waals surface area contributed by atoms with Crippen LogP contribution in [0.5, 0.6) is 0 Å². The smallest absolute Gasteiger partial charge is 0.407 e. The molecule has 1 heterocycles. The Balaban J connectivity index is 2.62. The van der Waals surface area contributed by atoms with Gasteiger partial charge in [0, 0.05) is 12.1 Å². The fraction of sp³-hybridized carbons (Fsp3) is 0.765. The molecule has 23 heavy (non-hydrogen) atoms. The van der Waals surface area contributed by atoms with Gasteiger partial charge in [0.15, 0.2) is 0 Å². The Morgan fingerprint density at radius 3 is 2.30 bits per heavy atom. The van der Waals surface area contributed by atoms with E-state index < -0.39 is 11.7 Å². The second-order valence-electron chi connectivity index (χ2n) is 7.53. The molecule has 132 valence electrons. The molecule has 0 aliphatic heterocycles. The Bertz CT molecular complexity index is 512. The summed E-state index contributed by atoms with van der Waals surface area (Å²) >= 11 is 0. The lowest BCUT2D eigenvalue weighted by atomic mass is 9.88. The number of aryl methyl sites for hydroxylation is 2. The van der Waals surface area contributed by atoms with Crippen molar-refractivity contribution >= 4 is 6.09 Å². The zero-order chi connectivity index (χ0) is 17.8. The summed E-state index contributed by atoms with van der Waals surface area (Å²) in [5.74, 6) is 1.79. The van der Waals surface area contributed by atoms with Crippen molar-refractivity contribution in [3.8, 4) is 0 Å². The minimum Gasteiger partial charge on any atom is -0.444 e. The van der Waals surface area contributed by atoms with Crippen molar-refractivity contribution in [3.05, 3.63) is 17.3 Å². The molecule has 1 aromatic rings. The highest BCUT2D eigenvalue weighted by Gasteiger charge is 2.29. The zero-order valence-electron chi connectivity index (χ0n) is 15.7. The molecule has 1 amide bonds. The normalized spacial score (nSPS) is 14.7. The number of amides is 1. The number of hydrogen-bond donors (Lipinski definition) is 2. The average molecular weight is 325 g/mol. The fourth-order valence-electron chi connectivity index (χ4n) is 1.93. The molecule has 0 aromatic carbocycles. The maximum absolute atomic E-state index is 11.9. The summed E-state index contributed by atoms with van der Waals surface area (Å²) in [4.78, 5) is 16.2. The quantitative estimate of drug-likeness (QED) is 0.839. The standard InChI is InChI=1S/C17H31N3O3/c1-11(2)17(8,10-18-15(21)23-16(5,6)7)19-9-14-20-12(3)13(4)22-14/h11,19H,9-10H2,1-8H3,(H,18,21). The predicted octanol–water partition coefficient (Wildman–Crippen LogP) is 3.32. The lowest BCUT2D eigenvalue weighted by Gasteiger charge is -2.35. The van der Waals surface area contributed by atoms with E-state index in [1.54, 1.807) is 0 Å². The van der Waals surface area contributed by atoms with Gasteiger partial charge in [0.25, 0.3) is 0 Å². The number of rotatable bonds is 6. The van der Waals surface area contributed by atoms with Crippen LogP contribution < -0.4 is 10.6 Å². The number of hydrogen-bond acceptors (Lipinski definition) is 5. The van der Waals surface area contributed by atoms with Crippen LogP contribution in [0.4, 0.5) is 4.79 Å². The molecule has 0 aliphatic carbocycles. The van der Waals surface area contributed by atoms with Crippen LogP contribution in [0.1, 0.15) is 58.9 Å². The number of nitrogens with zero attached hydrogens (tertiary/aromatic N) is 1. The van der Waals surface area contributed by atoms with Gasteiger partial charge in [0.1, 0.15) is 11.4 Å². The summed E-state index contributed by atoms with van der Waals surface area (Å²) in [6.45, 7) is 16.6. The van der Waals surface area contributed by atoms with E-state index in [1.807, 2.05) is 34.6 Å². The van der Waals surface area contributed by atoms with Crippen LogP contribution >= 0.6 is 0 Å². The van der Waals surface area contributed by atoms with Crippen molar-refractivity contribution in [2.75, 3.05) is 6.54 Å². The highest BCUT2D eigenvalue weighted by atomic mass is 16.6. The van der Waals surface area contributed by atoms with E-state index in [-0.39, 0.29) is 5.54 Å². The van der Waals surface area contributed by atoms with Gasteiger partial charge >= 0.3 is 6.09 Å². The van der Waals surface area contributed by atoms with Gasteiger partial charge in [-0.25, -0.2) is 9.78 Å². The van der Waals surface area contributed by atoms with Crippen molar-refractivity contribution in [2.45, 2.75) is 73.1 Å². The molecule has 0 radical (unpaired) electrons. The number of oxazole rings is 1. The van der Waals surface area contributed by atoms with E-state index in [1.165, 1.54) is 0 Å². The molecular formula is C17H31N3O3. The first-order valence-corrected chi connectivity index (χ1v) is 8.08. The van der Waals surface area contributed by atoms with Crippen LogP contribution in [0.15, 0.2) is 4.42 Å². The molecule has 0 saturated heterocycles. The van der Waals surface area contributed by atoms with Crippen molar-refractivity contribution in [1.29, 1.82) is 0 Å². The van der Waals surface area contributed by atoms with E-state index in [0.717, 1.165) is 11.5 Å². The Morgan fingerprint density at radius 2 is 1.87 bits per heavy atom. The van der Waals surface area contributed by atoms with Gasteiger partial charge in [-0.1, -0.05) is 13.8 Å². The van der Waals surface area contributed by atoms with E-state index in [2.05, 4.69) is 36.4 Å². The molecule has 6 heteroatoms. The second-order valence-corrected chi connectivity index (χ2v) is 7.53. The van der Waals surface area contributed by atoms with Crippen LogP contribution in [-0.4, -0.2) is 28.8 Å². The topological polar surface area (TPSA) is 76.4 Å². The molecule has 1 atom stereocenters. The monoisotopic (exact) mass is 325 g/mol.